The van der Waals surface area contributed by atoms with Gasteiger partial charge in [0.05, 0.1) is 11.6 Å². The van der Waals surface area contributed by atoms with Crippen molar-refractivity contribution in [3.63, 3.8) is 0 Å². The first-order valence-corrected chi connectivity index (χ1v) is 11.1. The molecule has 7 heteroatoms. The summed E-state index contributed by atoms with van der Waals surface area (Å²) in [4.78, 5) is 32.2. The van der Waals surface area contributed by atoms with Crippen molar-refractivity contribution in [1.82, 2.24) is 9.88 Å². The molecular weight excluding hydrogens is 444 g/mol. The number of rotatable bonds is 7. The molecule has 1 atom stereocenters. The Kier molecular flexibility index (Phi) is 5.89. The number of aromatic nitrogens is 1. The van der Waals surface area contributed by atoms with E-state index in [9.17, 15) is 14.7 Å². The van der Waals surface area contributed by atoms with Crippen LogP contribution in [0.3, 0.4) is 0 Å². The minimum atomic E-state index is -0.847. The fraction of sp³-hybridized carbons (Fsp3) is 0.107. The first-order chi connectivity index (χ1) is 17.0. The summed E-state index contributed by atoms with van der Waals surface area (Å²) in [7, 11) is 0. The molecule has 0 aliphatic carbocycles. The number of hydrogen-bond acceptors (Lipinski definition) is 6. The van der Waals surface area contributed by atoms with Crippen molar-refractivity contribution in [2.75, 3.05) is 0 Å². The Labute approximate surface area is 201 Å². The summed E-state index contributed by atoms with van der Waals surface area (Å²) in [6.45, 7) is 1.88. The fourth-order valence-electron chi connectivity index (χ4n) is 4.15. The standard InChI is InChI=1S/C28H22N2O5/c1-18-12-13-23(34-18)26(31)24-25(30(28(33)27(24)32)17-19-7-6-14-29-16-19)20-8-5-11-22(15-20)35-21-9-3-2-4-10-21/h2-16,25,32H,17H2,1H3/t25-/m0/s1. The topological polar surface area (TPSA) is 92.9 Å². The number of pyridine rings is 1. The van der Waals surface area contributed by atoms with Crippen LogP contribution in [0.5, 0.6) is 11.5 Å². The number of para-hydroxylation sites is 1. The lowest BCUT2D eigenvalue weighted by Crippen LogP contribution is -2.30. The van der Waals surface area contributed by atoms with Crippen molar-refractivity contribution < 1.29 is 23.8 Å². The summed E-state index contributed by atoms with van der Waals surface area (Å²) >= 11 is 0. The van der Waals surface area contributed by atoms with Gasteiger partial charge in [0.15, 0.2) is 11.5 Å². The average molecular weight is 466 g/mol. The van der Waals surface area contributed by atoms with E-state index in [1.165, 1.54) is 11.0 Å². The highest BCUT2D eigenvalue weighted by molar-refractivity contribution is 6.15. The highest BCUT2D eigenvalue weighted by Gasteiger charge is 2.44. The molecule has 0 saturated heterocycles. The van der Waals surface area contributed by atoms with Crippen molar-refractivity contribution in [1.29, 1.82) is 0 Å². The SMILES string of the molecule is Cc1ccc(C(=O)C2=C(O)C(=O)N(Cc3cccnc3)[C@H]2c2cccc(Oc3ccccc3)c2)o1. The monoisotopic (exact) mass is 466 g/mol. The first kappa shape index (κ1) is 22.2. The number of carbonyl (C=O) groups excluding carboxylic acids is 2. The van der Waals surface area contributed by atoms with Crippen LogP contribution in [0.25, 0.3) is 0 Å². The molecule has 2 aromatic heterocycles. The van der Waals surface area contributed by atoms with Crippen molar-refractivity contribution in [3.05, 3.63) is 125 Å². The van der Waals surface area contributed by atoms with Crippen molar-refractivity contribution in [3.8, 4) is 11.5 Å². The number of ketones is 1. The van der Waals surface area contributed by atoms with E-state index in [0.29, 0.717) is 22.8 Å². The lowest BCUT2D eigenvalue weighted by atomic mass is 9.94. The van der Waals surface area contributed by atoms with Crippen LogP contribution in [-0.2, 0) is 11.3 Å². The van der Waals surface area contributed by atoms with E-state index in [0.717, 1.165) is 5.56 Å². The Morgan fingerprint density at radius 3 is 2.54 bits per heavy atom. The molecule has 4 aromatic rings. The van der Waals surface area contributed by atoms with Crippen molar-refractivity contribution in [2.24, 2.45) is 0 Å². The molecule has 0 saturated carbocycles. The molecular formula is C28H22N2O5. The Hall–Kier alpha value is -4.65. The smallest absolute Gasteiger partial charge is 0.290 e. The molecule has 7 nitrogen and oxygen atoms in total. The molecule has 1 aliphatic heterocycles. The molecule has 0 spiro atoms. The van der Waals surface area contributed by atoms with E-state index >= 15 is 0 Å². The summed E-state index contributed by atoms with van der Waals surface area (Å²) < 4.78 is 11.5. The molecule has 0 fully saturated rings. The Bertz CT molecular complexity index is 1410. The lowest BCUT2D eigenvalue weighted by molar-refractivity contribution is -0.130. The Morgan fingerprint density at radius 2 is 1.83 bits per heavy atom. The number of Topliss-reactive ketones (excluding diaryl/α,β-unsaturated/α-hetero) is 1. The van der Waals surface area contributed by atoms with E-state index in [1.54, 1.807) is 55.7 Å². The van der Waals surface area contributed by atoms with Gasteiger partial charge in [0, 0.05) is 18.9 Å². The molecule has 1 N–H and O–H groups in total. The summed E-state index contributed by atoms with van der Waals surface area (Å²) in [5.74, 6) is 0.0281. The van der Waals surface area contributed by atoms with E-state index in [1.807, 2.05) is 36.4 Å². The van der Waals surface area contributed by atoms with E-state index < -0.39 is 23.5 Å². The highest BCUT2D eigenvalue weighted by atomic mass is 16.5. The van der Waals surface area contributed by atoms with Crippen LogP contribution in [-0.4, -0.2) is 26.7 Å². The second kappa shape index (κ2) is 9.30. The van der Waals surface area contributed by atoms with Crippen LogP contribution >= 0.6 is 0 Å². The van der Waals surface area contributed by atoms with E-state index in [2.05, 4.69) is 4.98 Å². The number of nitrogens with zero attached hydrogens (tertiary/aromatic N) is 2. The number of ether oxygens (including phenoxy) is 1. The third-order valence-corrected chi connectivity index (χ3v) is 5.74. The minimum absolute atomic E-state index is 0.0369. The number of aryl methyl sites for hydroxylation is 1. The second-order valence-corrected chi connectivity index (χ2v) is 8.19. The maximum absolute atomic E-state index is 13.4. The van der Waals surface area contributed by atoms with Gasteiger partial charge in [-0.15, -0.1) is 0 Å². The number of hydrogen-bond donors (Lipinski definition) is 1. The van der Waals surface area contributed by atoms with Gasteiger partial charge in [-0.1, -0.05) is 36.4 Å². The summed E-state index contributed by atoms with van der Waals surface area (Å²) in [5.41, 5.74) is 1.34. The van der Waals surface area contributed by atoms with Gasteiger partial charge in [0.1, 0.15) is 17.3 Å². The quantitative estimate of drug-likeness (QED) is 0.359. The highest BCUT2D eigenvalue weighted by Crippen LogP contribution is 2.41. The maximum atomic E-state index is 13.4. The van der Waals surface area contributed by atoms with Gasteiger partial charge in [-0.05, 0) is 60.5 Å². The van der Waals surface area contributed by atoms with Crippen LogP contribution in [0.15, 0.2) is 107 Å². The lowest BCUT2D eigenvalue weighted by Gasteiger charge is -2.27. The van der Waals surface area contributed by atoms with Crippen molar-refractivity contribution >= 4 is 11.7 Å². The van der Waals surface area contributed by atoms with Crippen LogP contribution in [0.4, 0.5) is 0 Å². The number of amides is 1. The van der Waals surface area contributed by atoms with E-state index in [4.69, 9.17) is 9.15 Å². The number of furan rings is 1. The van der Waals surface area contributed by atoms with Gasteiger partial charge in [0.25, 0.3) is 5.91 Å². The number of aliphatic hydroxyl groups is 1. The van der Waals surface area contributed by atoms with Crippen LogP contribution < -0.4 is 4.74 Å². The number of carbonyl (C=O) groups is 2. The zero-order chi connectivity index (χ0) is 24.4. The summed E-state index contributed by atoms with van der Waals surface area (Å²) in [5, 5.41) is 10.9. The molecule has 3 heterocycles. The predicted molar refractivity (Wildman–Crippen MR) is 128 cm³/mol. The third kappa shape index (κ3) is 4.44. The van der Waals surface area contributed by atoms with Gasteiger partial charge < -0.3 is 19.2 Å². The van der Waals surface area contributed by atoms with Gasteiger partial charge in [-0.2, -0.15) is 0 Å². The van der Waals surface area contributed by atoms with Crippen LogP contribution in [0, 0.1) is 6.92 Å². The predicted octanol–water partition coefficient (Wildman–Crippen LogP) is 5.55. The molecule has 174 valence electrons. The summed E-state index contributed by atoms with van der Waals surface area (Å²) in [6, 6.07) is 22.4. The molecule has 2 aromatic carbocycles. The minimum Gasteiger partial charge on any atom is -0.503 e. The number of benzene rings is 2. The average Bonchev–Trinajstić information content (AvgIpc) is 3.42. The van der Waals surface area contributed by atoms with Gasteiger partial charge in [-0.25, -0.2) is 0 Å². The van der Waals surface area contributed by atoms with Gasteiger partial charge >= 0.3 is 0 Å². The zero-order valence-corrected chi connectivity index (χ0v) is 18.9. The normalized spacial score (nSPS) is 15.5. The number of aliphatic hydroxyl groups excluding tert-OH is 1. The van der Waals surface area contributed by atoms with Crippen molar-refractivity contribution in [2.45, 2.75) is 19.5 Å². The fourth-order valence-corrected chi connectivity index (χ4v) is 4.15. The van der Waals surface area contributed by atoms with E-state index in [-0.39, 0.29) is 17.9 Å². The molecule has 5 rings (SSSR count). The Morgan fingerprint density at radius 1 is 1.03 bits per heavy atom. The zero-order valence-electron chi connectivity index (χ0n) is 18.9. The molecule has 35 heavy (non-hydrogen) atoms. The molecule has 0 unspecified atom stereocenters. The second-order valence-electron chi connectivity index (χ2n) is 8.19. The maximum Gasteiger partial charge on any atom is 0.290 e. The Balaban J connectivity index is 1.57. The molecule has 1 aliphatic rings. The molecule has 1 amide bonds. The third-order valence-electron chi connectivity index (χ3n) is 5.74. The van der Waals surface area contributed by atoms with Gasteiger partial charge in [0.2, 0.25) is 5.78 Å². The molecule has 0 radical (unpaired) electrons. The van der Waals surface area contributed by atoms with Gasteiger partial charge in [-0.3, -0.25) is 14.6 Å². The summed E-state index contributed by atoms with van der Waals surface area (Å²) in [6.07, 6.45) is 3.28. The largest absolute Gasteiger partial charge is 0.503 e. The molecule has 0 bridgehead atoms. The first-order valence-electron chi connectivity index (χ1n) is 11.1. The van der Waals surface area contributed by atoms with Crippen LogP contribution in [0.1, 0.15) is 33.5 Å². The van der Waals surface area contributed by atoms with Crippen LogP contribution in [0.2, 0.25) is 0 Å².